The number of hydrogen-bond acceptors (Lipinski definition) is 4. The van der Waals surface area contributed by atoms with Crippen molar-refractivity contribution in [3.8, 4) is 0 Å². The number of benzene rings is 1. The largest absolute Gasteiger partial charge is 0.353 e. The number of fused-ring (bicyclic) bond motifs is 1. The number of nitrogens with zero attached hydrogens (tertiary/aromatic N) is 1. The van der Waals surface area contributed by atoms with E-state index >= 15 is 0 Å². The van der Waals surface area contributed by atoms with Gasteiger partial charge < -0.3 is 5.32 Å². The van der Waals surface area contributed by atoms with Crippen LogP contribution in [0.4, 0.5) is 5.69 Å². The van der Waals surface area contributed by atoms with E-state index in [1.807, 2.05) is 25.1 Å². The Morgan fingerprint density at radius 1 is 1.25 bits per heavy atom. The van der Waals surface area contributed by atoms with Gasteiger partial charge >= 0.3 is 0 Å². The van der Waals surface area contributed by atoms with Crippen LogP contribution < -0.4 is 10.0 Å². The normalized spacial score (nSPS) is 16.5. The van der Waals surface area contributed by atoms with Crippen LogP contribution in [0.5, 0.6) is 0 Å². The molecule has 1 aromatic carbocycles. The van der Waals surface area contributed by atoms with Crippen molar-refractivity contribution in [3.63, 3.8) is 0 Å². The Labute approximate surface area is 166 Å². The highest BCUT2D eigenvalue weighted by Crippen LogP contribution is 2.25. The highest BCUT2D eigenvalue weighted by molar-refractivity contribution is 7.92. The molecular weight excluding hydrogens is 374 g/mol. The van der Waals surface area contributed by atoms with Crippen LogP contribution in [0.15, 0.2) is 41.4 Å². The van der Waals surface area contributed by atoms with E-state index in [0.29, 0.717) is 24.4 Å². The molecule has 2 aromatic rings. The minimum Gasteiger partial charge on any atom is -0.353 e. The van der Waals surface area contributed by atoms with Gasteiger partial charge in [0.05, 0.1) is 16.8 Å². The average molecular weight is 402 g/mol. The summed E-state index contributed by atoms with van der Waals surface area (Å²) in [5.41, 5.74) is 3.50. The van der Waals surface area contributed by atoms with E-state index in [-0.39, 0.29) is 16.8 Å². The van der Waals surface area contributed by atoms with Crippen molar-refractivity contribution < 1.29 is 13.2 Å². The number of rotatable bonds is 6. The van der Waals surface area contributed by atoms with Crippen LogP contribution in [0.25, 0.3) is 0 Å². The lowest BCUT2D eigenvalue weighted by Gasteiger charge is -2.25. The highest BCUT2D eigenvalue weighted by Gasteiger charge is 2.22. The number of pyridine rings is 1. The van der Waals surface area contributed by atoms with Gasteiger partial charge in [-0.25, -0.2) is 8.42 Å². The van der Waals surface area contributed by atoms with Crippen LogP contribution in [0.1, 0.15) is 56.4 Å². The molecule has 2 N–H and O–H groups in total. The second-order valence-corrected chi connectivity index (χ2v) is 9.20. The van der Waals surface area contributed by atoms with Crippen LogP contribution in [0.3, 0.4) is 0 Å². The number of amides is 1. The standard InChI is InChI=1S/C21H27N3O3S/c1-4-21(25)23-17-8-5-16-11-18(13-22-20(16)12-17)24-28(26,27)19-9-6-15(7-10-19)14(2)3/h6-7,9-11,13-14,17,24H,4-5,8,12H2,1-3H3,(H,23,25). The summed E-state index contributed by atoms with van der Waals surface area (Å²) < 4.78 is 28.0. The molecule has 0 aliphatic heterocycles. The molecular formula is C21H27N3O3S. The molecule has 3 rings (SSSR count). The number of hydrogen-bond donors (Lipinski definition) is 2. The molecule has 0 radical (unpaired) electrons. The lowest BCUT2D eigenvalue weighted by Crippen LogP contribution is -2.38. The van der Waals surface area contributed by atoms with E-state index in [9.17, 15) is 13.2 Å². The molecule has 0 bridgehead atoms. The summed E-state index contributed by atoms with van der Waals surface area (Å²) >= 11 is 0. The van der Waals surface area contributed by atoms with E-state index in [4.69, 9.17) is 0 Å². The van der Waals surface area contributed by atoms with Gasteiger partial charge in [-0.2, -0.15) is 0 Å². The van der Waals surface area contributed by atoms with Crippen molar-refractivity contribution in [3.05, 3.63) is 53.3 Å². The van der Waals surface area contributed by atoms with Gasteiger partial charge in [0.25, 0.3) is 10.0 Å². The number of aromatic nitrogens is 1. The van der Waals surface area contributed by atoms with Gasteiger partial charge in [0.2, 0.25) is 5.91 Å². The quantitative estimate of drug-likeness (QED) is 0.777. The Hall–Kier alpha value is -2.41. The zero-order chi connectivity index (χ0) is 20.3. The lowest BCUT2D eigenvalue weighted by atomic mass is 9.92. The molecule has 1 aromatic heterocycles. The van der Waals surface area contributed by atoms with E-state index in [1.54, 1.807) is 18.3 Å². The Kier molecular flexibility index (Phi) is 6.03. The summed E-state index contributed by atoms with van der Waals surface area (Å²) in [5, 5.41) is 3.01. The highest BCUT2D eigenvalue weighted by atomic mass is 32.2. The smallest absolute Gasteiger partial charge is 0.261 e. The molecule has 1 atom stereocenters. The molecule has 6 nitrogen and oxygen atoms in total. The molecule has 0 saturated heterocycles. The van der Waals surface area contributed by atoms with Crippen LogP contribution in [-0.2, 0) is 27.7 Å². The van der Waals surface area contributed by atoms with Gasteiger partial charge in [0.1, 0.15) is 0 Å². The zero-order valence-corrected chi connectivity index (χ0v) is 17.3. The summed E-state index contributed by atoms with van der Waals surface area (Å²) in [6.45, 7) is 5.97. The number of carbonyl (C=O) groups is 1. The molecule has 0 spiro atoms. The van der Waals surface area contributed by atoms with Crippen molar-refractivity contribution in [1.29, 1.82) is 0 Å². The van der Waals surface area contributed by atoms with Gasteiger partial charge in [-0.1, -0.05) is 32.9 Å². The molecule has 1 aliphatic carbocycles. The zero-order valence-electron chi connectivity index (χ0n) is 16.5. The Balaban J connectivity index is 1.72. The van der Waals surface area contributed by atoms with Crippen molar-refractivity contribution in [1.82, 2.24) is 10.3 Å². The summed E-state index contributed by atoms with van der Waals surface area (Å²) in [4.78, 5) is 16.3. The van der Waals surface area contributed by atoms with Gasteiger partial charge in [-0.15, -0.1) is 0 Å². The average Bonchev–Trinajstić information content (AvgIpc) is 2.67. The molecule has 7 heteroatoms. The fourth-order valence-electron chi connectivity index (χ4n) is 3.36. The Morgan fingerprint density at radius 3 is 2.61 bits per heavy atom. The van der Waals surface area contributed by atoms with Gasteiger partial charge in [-0.05, 0) is 48.1 Å². The second-order valence-electron chi connectivity index (χ2n) is 7.52. The second kappa shape index (κ2) is 8.31. The maximum Gasteiger partial charge on any atom is 0.261 e. The first-order valence-electron chi connectivity index (χ1n) is 9.68. The molecule has 150 valence electrons. The predicted octanol–water partition coefficient (Wildman–Crippen LogP) is 3.39. The van der Waals surface area contributed by atoms with E-state index in [1.165, 1.54) is 0 Å². The molecule has 1 aliphatic rings. The number of anilines is 1. The molecule has 1 amide bonds. The SMILES string of the molecule is CCC(=O)NC1CCc2cc(NS(=O)(=O)c3ccc(C(C)C)cc3)cnc2C1. The molecule has 1 unspecified atom stereocenters. The third-order valence-corrected chi connectivity index (χ3v) is 6.45. The molecule has 28 heavy (non-hydrogen) atoms. The van der Waals surface area contributed by atoms with Gasteiger partial charge in [-0.3, -0.25) is 14.5 Å². The third kappa shape index (κ3) is 4.70. The first kappa shape index (κ1) is 20.3. The summed E-state index contributed by atoms with van der Waals surface area (Å²) in [7, 11) is -3.66. The maximum atomic E-state index is 12.7. The van der Waals surface area contributed by atoms with Gasteiger partial charge in [0.15, 0.2) is 0 Å². The lowest BCUT2D eigenvalue weighted by molar-refractivity contribution is -0.121. The van der Waals surface area contributed by atoms with Crippen LogP contribution in [0, 0.1) is 0 Å². The Bertz CT molecular complexity index is 953. The van der Waals surface area contributed by atoms with Crippen LogP contribution >= 0.6 is 0 Å². The van der Waals surface area contributed by atoms with E-state index in [2.05, 4.69) is 28.9 Å². The first-order valence-corrected chi connectivity index (χ1v) is 11.2. The van der Waals surface area contributed by atoms with Crippen LogP contribution in [0.2, 0.25) is 0 Å². The van der Waals surface area contributed by atoms with E-state index in [0.717, 1.165) is 29.7 Å². The first-order chi connectivity index (χ1) is 13.3. The minimum absolute atomic E-state index is 0.0429. The van der Waals surface area contributed by atoms with Crippen molar-refractivity contribution in [2.45, 2.75) is 63.3 Å². The molecule has 0 fully saturated rings. The Morgan fingerprint density at radius 2 is 1.96 bits per heavy atom. The topological polar surface area (TPSA) is 88.2 Å². The number of carbonyl (C=O) groups excluding carboxylic acids is 1. The minimum atomic E-state index is -3.66. The van der Waals surface area contributed by atoms with E-state index < -0.39 is 10.0 Å². The van der Waals surface area contributed by atoms with Crippen molar-refractivity contribution >= 4 is 21.6 Å². The maximum absolute atomic E-state index is 12.7. The number of sulfonamides is 1. The summed E-state index contributed by atoms with van der Waals surface area (Å²) in [6.07, 6.45) is 4.27. The predicted molar refractivity (Wildman–Crippen MR) is 110 cm³/mol. The van der Waals surface area contributed by atoms with Crippen molar-refractivity contribution in [2.24, 2.45) is 0 Å². The fraction of sp³-hybridized carbons (Fsp3) is 0.429. The van der Waals surface area contributed by atoms with Gasteiger partial charge in [0, 0.05) is 24.6 Å². The number of aryl methyl sites for hydroxylation is 1. The number of nitrogens with one attached hydrogen (secondary N) is 2. The third-order valence-electron chi connectivity index (χ3n) is 5.06. The monoisotopic (exact) mass is 401 g/mol. The van der Waals surface area contributed by atoms with Crippen LogP contribution in [-0.4, -0.2) is 25.4 Å². The summed E-state index contributed by atoms with van der Waals surface area (Å²) in [5.74, 6) is 0.391. The molecule has 0 saturated carbocycles. The summed E-state index contributed by atoms with van der Waals surface area (Å²) in [6, 6.07) is 8.88. The fourth-order valence-corrected chi connectivity index (χ4v) is 4.39. The molecule has 1 heterocycles. The van der Waals surface area contributed by atoms with Crippen molar-refractivity contribution in [2.75, 3.05) is 4.72 Å².